The summed E-state index contributed by atoms with van der Waals surface area (Å²) < 4.78 is 38.1. The van der Waals surface area contributed by atoms with Crippen molar-refractivity contribution >= 4 is 11.9 Å². The van der Waals surface area contributed by atoms with Crippen molar-refractivity contribution in [3.8, 4) is 11.5 Å². The van der Waals surface area contributed by atoms with Gasteiger partial charge >= 0.3 is 0 Å². The van der Waals surface area contributed by atoms with Gasteiger partial charge in [-0.05, 0) is 12.1 Å². The first kappa shape index (κ1) is 19.6. The minimum Gasteiger partial charge on any atom is -0.441 e. The van der Waals surface area contributed by atoms with Crippen LogP contribution in [-0.2, 0) is 17.7 Å². The molecule has 5 rings (SSSR count). The van der Waals surface area contributed by atoms with E-state index in [0.717, 1.165) is 18.2 Å². The fourth-order valence-electron chi connectivity index (χ4n) is 3.71. The van der Waals surface area contributed by atoms with Gasteiger partial charge in [-0.15, -0.1) is 0 Å². The van der Waals surface area contributed by atoms with E-state index in [2.05, 4.69) is 15.0 Å². The number of carbonyl (C=O) groups is 1. The Kier molecular flexibility index (Phi) is 5.06. The first-order chi connectivity index (χ1) is 15.1. The van der Waals surface area contributed by atoms with Gasteiger partial charge in [0.05, 0.1) is 25.3 Å². The third kappa shape index (κ3) is 3.98. The van der Waals surface area contributed by atoms with Crippen molar-refractivity contribution < 1.29 is 22.7 Å². The van der Waals surface area contributed by atoms with Crippen LogP contribution in [-0.4, -0.2) is 58.6 Å². The Morgan fingerprint density at radius 2 is 1.71 bits per heavy atom. The highest BCUT2D eigenvalue weighted by Gasteiger charge is 2.27. The number of fused-ring (bicyclic) bond motifs is 1. The van der Waals surface area contributed by atoms with Crippen molar-refractivity contribution in [3.63, 3.8) is 0 Å². The van der Waals surface area contributed by atoms with Gasteiger partial charge in [0.15, 0.2) is 0 Å². The van der Waals surface area contributed by atoms with Gasteiger partial charge in [-0.1, -0.05) is 0 Å². The Morgan fingerprint density at radius 1 is 1.00 bits per heavy atom. The molecule has 8 nitrogen and oxygen atoms in total. The Morgan fingerprint density at radius 3 is 2.42 bits per heavy atom. The summed E-state index contributed by atoms with van der Waals surface area (Å²) in [6.45, 7) is 3.35. The predicted molar refractivity (Wildman–Crippen MR) is 105 cm³/mol. The number of aromatic nitrogens is 3. The number of halogens is 2. The summed E-state index contributed by atoms with van der Waals surface area (Å²) in [6.07, 6.45) is 3.51. The summed E-state index contributed by atoms with van der Waals surface area (Å²) in [7, 11) is 0. The molecule has 0 bridgehead atoms. The molecule has 2 aliphatic rings. The number of carbonyl (C=O) groups excluding carboxylic acids is 1. The van der Waals surface area contributed by atoms with Crippen LogP contribution in [0.4, 0.5) is 14.7 Å². The lowest BCUT2D eigenvalue weighted by Gasteiger charge is -2.27. The summed E-state index contributed by atoms with van der Waals surface area (Å²) in [5, 5.41) is 0. The lowest BCUT2D eigenvalue weighted by atomic mass is 10.1. The number of rotatable bonds is 3. The average Bonchev–Trinajstić information content (AvgIpc) is 3.22. The van der Waals surface area contributed by atoms with Gasteiger partial charge in [0.1, 0.15) is 23.1 Å². The van der Waals surface area contributed by atoms with Gasteiger partial charge in [-0.25, -0.2) is 23.7 Å². The van der Waals surface area contributed by atoms with E-state index in [4.69, 9.17) is 9.15 Å². The van der Waals surface area contributed by atoms with Crippen molar-refractivity contribution in [2.45, 2.75) is 13.0 Å². The third-order valence-corrected chi connectivity index (χ3v) is 5.30. The van der Waals surface area contributed by atoms with E-state index >= 15 is 0 Å². The zero-order valence-electron chi connectivity index (χ0n) is 16.6. The average molecular weight is 427 g/mol. The number of hydrogen-bond donors (Lipinski definition) is 0. The molecule has 0 saturated carbocycles. The maximum atomic E-state index is 13.5. The Bertz CT molecular complexity index is 1090. The maximum absolute atomic E-state index is 13.5. The second-order valence-electron chi connectivity index (χ2n) is 7.39. The predicted octanol–water partition coefficient (Wildman–Crippen LogP) is 2.44. The molecule has 0 N–H and O–H groups in total. The molecule has 31 heavy (non-hydrogen) atoms. The summed E-state index contributed by atoms with van der Waals surface area (Å²) in [4.78, 5) is 29.6. The van der Waals surface area contributed by atoms with Crippen molar-refractivity contribution in [3.05, 3.63) is 59.2 Å². The van der Waals surface area contributed by atoms with E-state index in [9.17, 15) is 13.6 Å². The van der Waals surface area contributed by atoms with Crippen LogP contribution < -0.4 is 4.90 Å². The van der Waals surface area contributed by atoms with Gasteiger partial charge in [0.25, 0.3) is 5.91 Å². The largest absolute Gasteiger partial charge is 0.441 e. The fourth-order valence-corrected chi connectivity index (χ4v) is 3.71. The summed E-state index contributed by atoms with van der Waals surface area (Å²) >= 11 is 0. The number of nitrogens with zero attached hydrogens (tertiary/aromatic N) is 5. The van der Waals surface area contributed by atoms with Crippen LogP contribution >= 0.6 is 0 Å². The Balaban J connectivity index is 1.31. The van der Waals surface area contributed by atoms with Crippen molar-refractivity contribution in [2.24, 2.45) is 0 Å². The lowest BCUT2D eigenvalue weighted by molar-refractivity contribution is 0.0727. The number of benzene rings is 1. The first-order valence-corrected chi connectivity index (χ1v) is 9.96. The quantitative estimate of drug-likeness (QED) is 0.635. The van der Waals surface area contributed by atoms with E-state index in [1.54, 1.807) is 4.90 Å². The molecule has 0 spiro atoms. The lowest BCUT2D eigenvalue weighted by Crippen LogP contribution is -2.38. The molecule has 1 aromatic carbocycles. The van der Waals surface area contributed by atoms with E-state index in [1.807, 2.05) is 4.90 Å². The number of amides is 1. The molecule has 0 radical (unpaired) electrons. The molecule has 1 amide bonds. The van der Waals surface area contributed by atoms with Crippen LogP contribution in [0, 0.1) is 11.6 Å². The molecule has 0 atom stereocenters. The summed E-state index contributed by atoms with van der Waals surface area (Å²) in [5.74, 6) is -0.296. The number of ether oxygens (including phenoxy) is 1. The zero-order valence-corrected chi connectivity index (χ0v) is 16.6. The molecule has 160 valence electrons. The molecule has 0 aliphatic carbocycles. The Labute approximate surface area is 176 Å². The topological polar surface area (TPSA) is 84.6 Å². The van der Waals surface area contributed by atoms with Crippen LogP contribution in [0.3, 0.4) is 0 Å². The highest BCUT2D eigenvalue weighted by atomic mass is 19.1. The van der Waals surface area contributed by atoms with Crippen LogP contribution in [0.1, 0.15) is 21.8 Å². The number of oxazole rings is 1. The molecule has 1 fully saturated rings. The molecule has 1 saturated heterocycles. The second-order valence-corrected chi connectivity index (χ2v) is 7.39. The Hall–Kier alpha value is -3.40. The number of morpholine rings is 1. The molecule has 0 unspecified atom stereocenters. The first-order valence-electron chi connectivity index (χ1n) is 9.96. The normalized spacial score (nSPS) is 16.3. The molecule has 2 aromatic heterocycles. The van der Waals surface area contributed by atoms with Crippen molar-refractivity contribution in [1.29, 1.82) is 0 Å². The van der Waals surface area contributed by atoms with Gasteiger partial charge in [-0.3, -0.25) is 4.79 Å². The van der Waals surface area contributed by atoms with Gasteiger partial charge < -0.3 is 19.0 Å². The second kappa shape index (κ2) is 8.03. The number of anilines is 1. The summed E-state index contributed by atoms with van der Waals surface area (Å²) in [5.41, 5.74) is 1.18. The maximum Gasteiger partial charge on any atom is 0.257 e. The molecule has 4 heterocycles. The van der Waals surface area contributed by atoms with Gasteiger partial charge in [-0.2, -0.15) is 0 Å². The molecular weight excluding hydrogens is 408 g/mol. The SMILES string of the molecule is O=C(c1cnc(N2CCOCC2)nc1)N1CCc2oc(-c3cc(F)cc(F)c3)nc2C1. The molecule has 2 aliphatic heterocycles. The smallest absolute Gasteiger partial charge is 0.257 e. The minimum atomic E-state index is -0.705. The fraction of sp³-hybridized carbons (Fsp3) is 0.333. The summed E-state index contributed by atoms with van der Waals surface area (Å²) in [6, 6.07) is 3.12. The van der Waals surface area contributed by atoms with E-state index < -0.39 is 11.6 Å². The third-order valence-electron chi connectivity index (χ3n) is 5.30. The van der Waals surface area contributed by atoms with Crippen molar-refractivity contribution in [2.75, 3.05) is 37.7 Å². The number of hydrogen-bond acceptors (Lipinski definition) is 7. The van der Waals surface area contributed by atoms with Crippen LogP contribution in [0.5, 0.6) is 0 Å². The highest BCUT2D eigenvalue weighted by molar-refractivity contribution is 5.93. The monoisotopic (exact) mass is 427 g/mol. The van der Waals surface area contributed by atoms with Crippen LogP contribution in [0.2, 0.25) is 0 Å². The molecule has 10 heteroatoms. The van der Waals surface area contributed by atoms with Crippen LogP contribution in [0.15, 0.2) is 35.0 Å². The molecular formula is C21H19F2N5O3. The minimum absolute atomic E-state index is 0.135. The van der Waals surface area contributed by atoms with E-state index in [-0.39, 0.29) is 23.9 Å². The van der Waals surface area contributed by atoms with E-state index in [1.165, 1.54) is 12.4 Å². The van der Waals surface area contributed by atoms with Gasteiger partial charge in [0, 0.05) is 50.1 Å². The molecule has 3 aromatic rings. The van der Waals surface area contributed by atoms with Crippen molar-refractivity contribution in [1.82, 2.24) is 19.9 Å². The van der Waals surface area contributed by atoms with Gasteiger partial charge in [0.2, 0.25) is 11.8 Å². The standard InChI is InChI=1S/C21H19F2N5O3/c22-15-7-13(8-16(23)9-15)19-26-17-12-28(2-1-18(17)31-19)20(29)14-10-24-21(25-11-14)27-3-5-30-6-4-27/h7-11H,1-6,12H2. The highest BCUT2D eigenvalue weighted by Crippen LogP contribution is 2.28. The van der Waals surface area contributed by atoms with E-state index in [0.29, 0.717) is 62.2 Å². The van der Waals surface area contributed by atoms with Crippen LogP contribution in [0.25, 0.3) is 11.5 Å². The zero-order chi connectivity index (χ0) is 21.4.